The monoisotopic (exact) mass is 367 g/mol. The van der Waals surface area contributed by atoms with Gasteiger partial charge in [-0.1, -0.05) is 29.0 Å². The number of hydrogen-bond acceptors (Lipinski definition) is 5. The van der Waals surface area contributed by atoms with Crippen molar-refractivity contribution in [3.05, 3.63) is 47.5 Å². The Bertz CT molecular complexity index is 976. The number of rotatable bonds is 4. The molecule has 0 bridgehead atoms. The van der Waals surface area contributed by atoms with Gasteiger partial charge >= 0.3 is 0 Å². The van der Waals surface area contributed by atoms with Gasteiger partial charge < -0.3 is 15.0 Å². The highest BCUT2D eigenvalue weighted by Crippen LogP contribution is 2.35. The van der Waals surface area contributed by atoms with Gasteiger partial charge in [-0.05, 0) is 43.7 Å². The van der Waals surface area contributed by atoms with Gasteiger partial charge in [0.15, 0.2) is 5.13 Å². The first kappa shape index (κ1) is 16.8. The molecule has 26 heavy (non-hydrogen) atoms. The molecule has 2 heterocycles. The average Bonchev–Trinajstić information content (AvgIpc) is 2.98. The molecular formula is C20H21N3O2S. The van der Waals surface area contributed by atoms with Gasteiger partial charge in [0, 0.05) is 18.8 Å². The number of benzene rings is 2. The summed E-state index contributed by atoms with van der Waals surface area (Å²) in [5, 5.41) is 4.02. The molecule has 1 aliphatic rings. The van der Waals surface area contributed by atoms with Gasteiger partial charge in [-0.25, -0.2) is 4.98 Å². The predicted molar refractivity (Wildman–Crippen MR) is 106 cm³/mol. The Hall–Kier alpha value is -2.60. The second-order valence-corrected chi connectivity index (χ2v) is 7.75. The second kappa shape index (κ2) is 6.61. The van der Waals surface area contributed by atoms with Crippen molar-refractivity contribution in [2.45, 2.75) is 13.8 Å². The maximum atomic E-state index is 12.5. The molecule has 0 unspecified atom stereocenters. The molecule has 1 amide bonds. The third-order valence-electron chi connectivity index (χ3n) is 4.75. The molecular weight excluding hydrogens is 346 g/mol. The van der Waals surface area contributed by atoms with E-state index in [2.05, 4.69) is 28.2 Å². The Balaban J connectivity index is 1.41. The van der Waals surface area contributed by atoms with Crippen molar-refractivity contribution in [3.8, 4) is 5.75 Å². The third-order valence-corrected chi connectivity index (χ3v) is 5.83. The van der Waals surface area contributed by atoms with Crippen LogP contribution in [-0.4, -0.2) is 31.1 Å². The van der Waals surface area contributed by atoms with Crippen LogP contribution in [0.1, 0.15) is 11.1 Å². The van der Waals surface area contributed by atoms with Gasteiger partial charge in [0.2, 0.25) is 5.91 Å². The number of thiazole rings is 1. The number of anilines is 2. The van der Waals surface area contributed by atoms with E-state index < -0.39 is 0 Å². The van der Waals surface area contributed by atoms with E-state index in [1.54, 1.807) is 18.4 Å². The number of amides is 1. The van der Waals surface area contributed by atoms with Crippen molar-refractivity contribution in [1.82, 2.24) is 4.98 Å². The minimum Gasteiger partial charge on any atom is -0.497 e. The van der Waals surface area contributed by atoms with Crippen LogP contribution in [0.5, 0.6) is 5.75 Å². The first-order chi connectivity index (χ1) is 12.5. The van der Waals surface area contributed by atoms with Crippen LogP contribution < -0.4 is 15.0 Å². The van der Waals surface area contributed by atoms with Gasteiger partial charge in [-0.2, -0.15) is 0 Å². The SMILES string of the molecule is COc1ccc2nc(N3CC(C(=O)Nc4ccc(C)cc4C)C3)sc2c1. The van der Waals surface area contributed by atoms with Crippen molar-refractivity contribution in [1.29, 1.82) is 0 Å². The largest absolute Gasteiger partial charge is 0.497 e. The Morgan fingerprint density at radius 1 is 1.23 bits per heavy atom. The fourth-order valence-electron chi connectivity index (χ4n) is 3.14. The highest BCUT2D eigenvalue weighted by Gasteiger charge is 2.34. The summed E-state index contributed by atoms with van der Waals surface area (Å²) >= 11 is 1.64. The van der Waals surface area contributed by atoms with Crippen molar-refractivity contribution in [2.24, 2.45) is 5.92 Å². The third kappa shape index (κ3) is 3.12. The van der Waals surface area contributed by atoms with Crippen LogP contribution in [0.15, 0.2) is 36.4 Å². The highest BCUT2D eigenvalue weighted by atomic mass is 32.1. The lowest BCUT2D eigenvalue weighted by Crippen LogP contribution is -2.52. The molecule has 0 atom stereocenters. The first-order valence-corrected chi connectivity index (χ1v) is 9.43. The molecule has 1 fully saturated rings. The van der Waals surface area contributed by atoms with Crippen molar-refractivity contribution >= 4 is 38.3 Å². The highest BCUT2D eigenvalue weighted by molar-refractivity contribution is 7.22. The molecule has 2 aromatic carbocycles. The molecule has 1 aliphatic heterocycles. The molecule has 1 N–H and O–H groups in total. The number of nitrogens with one attached hydrogen (secondary N) is 1. The molecule has 0 spiro atoms. The fraction of sp³-hybridized carbons (Fsp3) is 0.300. The molecule has 0 radical (unpaired) electrons. The number of ether oxygens (including phenoxy) is 1. The standard InChI is InChI=1S/C20H21N3O2S/c1-12-4-6-16(13(2)8-12)21-19(24)14-10-23(11-14)20-22-17-7-5-15(25-3)9-18(17)26-20/h4-9,14H,10-11H2,1-3H3,(H,21,24). The zero-order chi connectivity index (χ0) is 18.3. The topological polar surface area (TPSA) is 54.5 Å². The number of fused-ring (bicyclic) bond motifs is 1. The number of carbonyl (C=O) groups is 1. The summed E-state index contributed by atoms with van der Waals surface area (Å²) in [6, 6.07) is 12.0. The lowest BCUT2D eigenvalue weighted by atomic mass is 9.99. The van der Waals surface area contributed by atoms with Gasteiger partial charge in [-0.3, -0.25) is 4.79 Å². The van der Waals surface area contributed by atoms with E-state index in [0.717, 1.165) is 32.3 Å². The van der Waals surface area contributed by atoms with E-state index in [4.69, 9.17) is 4.74 Å². The number of aromatic nitrogens is 1. The minimum atomic E-state index is -0.00254. The van der Waals surface area contributed by atoms with Crippen LogP contribution >= 0.6 is 11.3 Å². The molecule has 5 nitrogen and oxygen atoms in total. The molecule has 3 aromatic rings. The van der Waals surface area contributed by atoms with Crippen LogP contribution in [-0.2, 0) is 4.79 Å². The average molecular weight is 367 g/mol. The summed E-state index contributed by atoms with van der Waals surface area (Å²) in [4.78, 5) is 19.3. The van der Waals surface area contributed by atoms with Crippen LogP contribution in [0, 0.1) is 19.8 Å². The molecule has 0 saturated carbocycles. The number of methoxy groups -OCH3 is 1. The van der Waals surface area contributed by atoms with Gasteiger partial charge in [0.05, 0.1) is 23.2 Å². The summed E-state index contributed by atoms with van der Waals surface area (Å²) in [7, 11) is 1.66. The molecule has 4 rings (SSSR count). The number of aryl methyl sites for hydroxylation is 2. The summed E-state index contributed by atoms with van der Waals surface area (Å²) < 4.78 is 6.37. The fourth-order valence-corrected chi connectivity index (χ4v) is 4.16. The smallest absolute Gasteiger partial charge is 0.231 e. The van der Waals surface area contributed by atoms with E-state index in [0.29, 0.717) is 13.1 Å². The van der Waals surface area contributed by atoms with E-state index in [1.165, 1.54) is 5.56 Å². The molecule has 6 heteroatoms. The summed E-state index contributed by atoms with van der Waals surface area (Å²) in [5.74, 6) is 0.912. The molecule has 1 aromatic heterocycles. The number of carbonyl (C=O) groups excluding carboxylic acids is 1. The second-order valence-electron chi connectivity index (χ2n) is 6.74. The summed E-state index contributed by atoms with van der Waals surface area (Å²) in [6.07, 6.45) is 0. The van der Waals surface area contributed by atoms with Crippen LogP contribution in [0.2, 0.25) is 0 Å². The van der Waals surface area contributed by atoms with Gasteiger partial charge in [-0.15, -0.1) is 0 Å². The quantitative estimate of drug-likeness (QED) is 0.757. The van der Waals surface area contributed by atoms with Crippen molar-refractivity contribution in [3.63, 3.8) is 0 Å². The Kier molecular flexibility index (Phi) is 4.28. The van der Waals surface area contributed by atoms with E-state index in [-0.39, 0.29) is 11.8 Å². The molecule has 0 aliphatic carbocycles. The lowest BCUT2D eigenvalue weighted by Gasteiger charge is -2.38. The summed E-state index contributed by atoms with van der Waals surface area (Å²) in [6.45, 7) is 5.47. The Labute approximate surface area is 156 Å². The van der Waals surface area contributed by atoms with E-state index in [1.807, 2.05) is 37.3 Å². The minimum absolute atomic E-state index is 0.00254. The van der Waals surface area contributed by atoms with Crippen LogP contribution in [0.3, 0.4) is 0 Å². The zero-order valence-corrected chi connectivity index (χ0v) is 15.9. The van der Waals surface area contributed by atoms with Crippen LogP contribution in [0.4, 0.5) is 10.8 Å². The number of nitrogens with zero attached hydrogens (tertiary/aromatic N) is 2. The first-order valence-electron chi connectivity index (χ1n) is 8.61. The lowest BCUT2D eigenvalue weighted by molar-refractivity contribution is -0.120. The predicted octanol–water partition coefficient (Wildman–Crippen LogP) is 4.00. The Morgan fingerprint density at radius 3 is 2.77 bits per heavy atom. The van der Waals surface area contributed by atoms with Gasteiger partial charge in [0.25, 0.3) is 0 Å². The van der Waals surface area contributed by atoms with Gasteiger partial charge in [0.1, 0.15) is 5.75 Å². The van der Waals surface area contributed by atoms with Crippen molar-refractivity contribution < 1.29 is 9.53 Å². The van der Waals surface area contributed by atoms with E-state index >= 15 is 0 Å². The normalized spacial score (nSPS) is 14.3. The summed E-state index contributed by atoms with van der Waals surface area (Å²) in [5.41, 5.74) is 4.15. The maximum Gasteiger partial charge on any atom is 0.231 e. The van der Waals surface area contributed by atoms with E-state index in [9.17, 15) is 4.79 Å². The van der Waals surface area contributed by atoms with Crippen LogP contribution in [0.25, 0.3) is 10.2 Å². The Morgan fingerprint density at radius 2 is 2.04 bits per heavy atom. The number of hydrogen-bond donors (Lipinski definition) is 1. The maximum absolute atomic E-state index is 12.5. The molecule has 134 valence electrons. The van der Waals surface area contributed by atoms with Crippen molar-refractivity contribution in [2.75, 3.05) is 30.4 Å². The molecule has 1 saturated heterocycles. The zero-order valence-electron chi connectivity index (χ0n) is 15.1.